The highest BCUT2D eigenvalue weighted by atomic mass is 16.5. The zero-order chi connectivity index (χ0) is 13.0. The second-order valence-electron chi connectivity index (χ2n) is 4.02. The third kappa shape index (κ3) is 2.64. The van der Waals surface area contributed by atoms with Gasteiger partial charge in [-0.05, 0) is 13.8 Å². The number of morpholine rings is 1. The quantitative estimate of drug-likeness (QED) is 0.782. The molecule has 0 radical (unpaired) electrons. The van der Waals surface area contributed by atoms with Gasteiger partial charge in [-0.3, -0.25) is 4.79 Å². The van der Waals surface area contributed by atoms with Gasteiger partial charge in [-0.25, -0.2) is 4.68 Å². The molecule has 2 rings (SSSR count). The molecule has 1 aromatic heterocycles. The first-order valence-corrected chi connectivity index (χ1v) is 6.34. The molecule has 6 nitrogen and oxygen atoms in total. The molecule has 0 unspecified atom stereocenters. The number of aromatic nitrogens is 2. The lowest BCUT2D eigenvalue weighted by Crippen LogP contribution is -2.38. The number of aryl methyl sites for hydroxylation is 1. The molecule has 1 aromatic rings. The number of ether oxygens (including phenoxy) is 2. The van der Waals surface area contributed by atoms with Gasteiger partial charge >= 0.3 is 0 Å². The van der Waals surface area contributed by atoms with E-state index in [1.165, 1.54) is 4.68 Å². The van der Waals surface area contributed by atoms with E-state index in [1.807, 2.05) is 13.8 Å². The Hall–Kier alpha value is -1.56. The first-order chi connectivity index (χ1) is 8.76. The van der Waals surface area contributed by atoms with E-state index in [4.69, 9.17) is 9.47 Å². The van der Waals surface area contributed by atoms with Crippen LogP contribution in [0.5, 0.6) is 5.88 Å². The topological polar surface area (TPSA) is 56.6 Å². The van der Waals surface area contributed by atoms with Crippen LogP contribution in [0.3, 0.4) is 0 Å². The Morgan fingerprint density at radius 2 is 2.11 bits per heavy atom. The van der Waals surface area contributed by atoms with Crippen molar-refractivity contribution in [2.75, 3.05) is 37.8 Å². The largest absolute Gasteiger partial charge is 0.475 e. The van der Waals surface area contributed by atoms with Crippen LogP contribution < -0.4 is 15.2 Å². The Labute approximate surface area is 106 Å². The molecule has 0 saturated carbocycles. The first kappa shape index (κ1) is 12.9. The van der Waals surface area contributed by atoms with Crippen LogP contribution in [0, 0.1) is 0 Å². The van der Waals surface area contributed by atoms with Crippen LogP contribution in [-0.4, -0.2) is 42.7 Å². The van der Waals surface area contributed by atoms with Crippen LogP contribution in [0.2, 0.25) is 0 Å². The predicted octanol–water partition coefficient (Wildman–Crippen LogP) is 0.499. The molecular weight excluding hydrogens is 234 g/mol. The second-order valence-corrected chi connectivity index (χ2v) is 4.02. The molecule has 0 aliphatic carbocycles. The van der Waals surface area contributed by atoms with E-state index in [2.05, 4.69) is 10.00 Å². The minimum absolute atomic E-state index is 0.0950. The van der Waals surface area contributed by atoms with Crippen molar-refractivity contribution in [1.82, 2.24) is 9.78 Å². The van der Waals surface area contributed by atoms with Crippen molar-refractivity contribution < 1.29 is 9.47 Å². The highest BCUT2D eigenvalue weighted by Crippen LogP contribution is 2.24. The van der Waals surface area contributed by atoms with Gasteiger partial charge < -0.3 is 14.4 Å². The van der Waals surface area contributed by atoms with Gasteiger partial charge in [-0.2, -0.15) is 0 Å². The fraction of sp³-hybridized carbons (Fsp3) is 0.667. The summed E-state index contributed by atoms with van der Waals surface area (Å²) in [5.41, 5.74) is 0.678. The third-order valence-electron chi connectivity index (χ3n) is 2.88. The second kappa shape index (κ2) is 5.86. The van der Waals surface area contributed by atoms with Gasteiger partial charge in [0.2, 0.25) is 0 Å². The molecule has 1 aliphatic heterocycles. The van der Waals surface area contributed by atoms with Crippen LogP contribution in [0.15, 0.2) is 10.9 Å². The Kier molecular flexibility index (Phi) is 4.19. The molecule has 100 valence electrons. The number of hydrogen-bond acceptors (Lipinski definition) is 5. The molecule has 6 heteroatoms. The fourth-order valence-electron chi connectivity index (χ4n) is 1.96. The van der Waals surface area contributed by atoms with E-state index < -0.39 is 0 Å². The normalized spacial score (nSPS) is 15.8. The summed E-state index contributed by atoms with van der Waals surface area (Å²) in [5.74, 6) is 0.529. The minimum Gasteiger partial charge on any atom is -0.475 e. The van der Waals surface area contributed by atoms with Crippen molar-refractivity contribution in [2.24, 2.45) is 0 Å². The maximum absolute atomic E-state index is 11.9. The monoisotopic (exact) mass is 253 g/mol. The van der Waals surface area contributed by atoms with E-state index in [0.717, 1.165) is 18.8 Å². The van der Waals surface area contributed by atoms with E-state index in [-0.39, 0.29) is 5.56 Å². The van der Waals surface area contributed by atoms with Gasteiger partial charge in [0.1, 0.15) is 5.69 Å². The van der Waals surface area contributed by atoms with E-state index >= 15 is 0 Å². The lowest BCUT2D eigenvalue weighted by atomic mass is 10.3. The highest BCUT2D eigenvalue weighted by molar-refractivity contribution is 5.54. The first-order valence-electron chi connectivity index (χ1n) is 6.34. The molecule has 2 heterocycles. The standard InChI is InChI=1S/C12H19N3O3/c1-3-15-11(16)9-10(12(13-15)18-4-2)14-5-7-17-8-6-14/h9H,3-8H2,1-2H3. The summed E-state index contributed by atoms with van der Waals surface area (Å²) >= 11 is 0. The van der Waals surface area contributed by atoms with Crippen molar-refractivity contribution in [1.29, 1.82) is 0 Å². The summed E-state index contributed by atoms with van der Waals surface area (Å²) in [4.78, 5) is 13.9. The average molecular weight is 253 g/mol. The highest BCUT2D eigenvalue weighted by Gasteiger charge is 2.18. The molecule has 18 heavy (non-hydrogen) atoms. The van der Waals surface area contributed by atoms with E-state index in [9.17, 15) is 4.79 Å². The Balaban J connectivity index is 2.36. The number of rotatable bonds is 4. The van der Waals surface area contributed by atoms with Gasteiger partial charge in [-0.1, -0.05) is 0 Å². The van der Waals surface area contributed by atoms with Gasteiger partial charge in [0.05, 0.1) is 19.8 Å². The summed E-state index contributed by atoms with van der Waals surface area (Å²) in [7, 11) is 0. The summed E-state index contributed by atoms with van der Waals surface area (Å²) < 4.78 is 12.3. The molecule has 1 fully saturated rings. The molecule has 0 atom stereocenters. The van der Waals surface area contributed by atoms with E-state index in [1.54, 1.807) is 6.07 Å². The van der Waals surface area contributed by atoms with Gasteiger partial charge in [0.25, 0.3) is 11.4 Å². The number of hydrogen-bond donors (Lipinski definition) is 0. The van der Waals surface area contributed by atoms with E-state index in [0.29, 0.717) is 32.2 Å². The molecule has 1 saturated heterocycles. The number of nitrogens with zero attached hydrogens (tertiary/aromatic N) is 3. The molecule has 0 amide bonds. The zero-order valence-corrected chi connectivity index (χ0v) is 10.9. The molecule has 0 spiro atoms. The third-order valence-corrected chi connectivity index (χ3v) is 2.88. The molecule has 0 N–H and O–H groups in total. The maximum Gasteiger partial charge on any atom is 0.269 e. The molecular formula is C12H19N3O3. The van der Waals surface area contributed by atoms with Gasteiger partial charge in [-0.15, -0.1) is 5.10 Å². The Morgan fingerprint density at radius 1 is 1.39 bits per heavy atom. The lowest BCUT2D eigenvalue weighted by Gasteiger charge is -2.29. The van der Waals surface area contributed by atoms with Crippen molar-refractivity contribution in [3.8, 4) is 5.88 Å². The SMILES string of the molecule is CCOc1nn(CC)c(=O)cc1N1CCOCC1. The minimum atomic E-state index is -0.0950. The fourth-order valence-corrected chi connectivity index (χ4v) is 1.96. The van der Waals surface area contributed by atoms with Crippen LogP contribution in [0.1, 0.15) is 13.8 Å². The molecule has 0 bridgehead atoms. The smallest absolute Gasteiger partial charge is 0.269 e. The van der Waals surface area contributed by atoms with Crippen LogP contribution in [0.4, 0.5) is 5.69 Å². The summed E-state index contributed by atoms with van der Waals surface area (Å²) in [6.45, 7) is 7.73. The van der Waals surface area contributed by atoms with Crippen molar-refractivity contribution in [3.05, 3.63) is 16.4 Å². The lowest BCUT2D eigenvalue weighted by molar-refractivity contribution is 0.122. The van der Waals surface area contributed by atoms with Crippen LogP contribution >= 0.6 is 0 Å². The van der Waals surface area contributed by atoms with Crippen LogP contribution in [0.25, 0.3) is 0 Å². The zero-order valence-electron chi connectivity index (χ0n) is 10.9. The van der Waals surface area contributed by atoms with Gasteiger partial charge in [0, 0.05) is 25.7 Å². The van der Waals surface area contributed by atoms with Crippen LogP contribution in [-0.2, 0) is 11.3 Å². The molecule has 1 aliphatic rings. The Morgan fingerprint density at radius 3 is 2.72 bits per heavy atom. The van der Waals surface area contributed by atoms with Crippen molar-refractivity contribution >= 4 is 5.69 Å². The maximum atomic E-state index is 11.9. The van der Waals surface area contributed by atoms with Crippen molar-refractivity contribution in [2.45, 2.75) is 20.4 Å². The summed E-state index contributed by atoms with van der Waals surface area (Å²) in [6.07, 6.45) is 0. The van der Waals surface area contributed by atoms with Crippen molar-refractivity contribution in [3.63, 3.8) is 0 Å². The molecule has 0 aromatic carbocycles. The average Bonchev–Trinajstić information content (AvgIpc) is 2.41. The van der Waals surface area contributed by atoms with Gasteiger partial charge in [0.15, 0.2) is 0 Å². The summed E-state index contributed by atoms with van der Waals surface area (Å²) in [6, 6.07) is 1.60. The predicted molar refractivity (Wildman–Crippen MR) is 68.4 cm³/mol. The Bertz CT molecular complexity index is 452. The summed E-state index contributed by atoms with van der Waals surface area (Å²) in [5, 5.41) is 4.26. The number of anilines is 1.